The number of nitrogens with zero attached hydrogens (tertiary/aromatic N) is 1. The summed E-state index contributed by atoms with van der Waals surface area (Å²) in [6.45, 7) is 0.637. The summed E-state index contributed by atoms with van der Waals surface area (Å²) >= 11 is 1.06. The molecular weight excluding hydrogens is 356 g/mol. The molecule has 8 nitrogen and oxygen atoms in total. The Labute approximate surface area is 143 Å². The van der Waals surface area contributed by atoms with Gasteiger partial charge in [0.15, 0.2) is 0 Å². The molecule has 2 aliphatic rings. The summed E-state index contributed by atoms with van der Waals surface area (Å²) in [6, 6.07) is 3.07. The number of carbonyl (C=O) groups is 2. The van der Waals surface area contributed by atoms with Gasteiger partial charge in [-0.15, -0.1) is 11.3 Å². The number of carboxylic acids is 1. The van der Waals surface area contributed by atoms with Crippen molar-refractivity contribution < 1.29 is 27.9 Å². The van der Waals surface area contributed by atoms with E-state index in [4.69, 9.17) is 4.74 Å². The van der Waals surface area contributed by atoms with Crippen LogP contribution in [0, 0.1) is 11.3 Å². The molecular formula is C14H18N2O6S2. The SMILES string of the molecule is O=C(CNS(=O)(=O)c1cccs1)N1C[C@H]2COCC[C@@]2(C(=O)O)C1. The largest absolute Gasteiger partial charge is 0.481 e. The molecule has 0 spiro atoms. The van der Waals surface area contributed by atoms with Gasteiger partial charge in [-0.05, 0) is 17.9 Å². The fraction of sp³-hybridized carbons (Fsp3) is 0.571. The number of nitrogens with one attached hydrogen (secondary N) is 1. The number of likely N-dealkylation sites (tertiary alicyclic amines) is 1. The minimum Gasteiger partial charge on any atom is -0.481 e. The Morgan fingerprint density at radius 3 is 2.92 bits per heavy atom. The number of aliphatic carboxylic acids is 1. The number of amides is 1. The topological polar surface area (TPSA) is 113 Å². The molecule has 10 heteroatoms. The number of ether oxygens (including phenoxy) is 1. The van der Waals surface area contributed by atoms with Gasteiger partial charge in [0.2, 0.25) is 5.91 Å². The molecule has 3 rings (SSSR count). The van der Waals surface area contributed by atoms with Gasteiger partial charge in [-0.2, -0.15) is 0 Å². The first-order valence-corrected chi connectivity index (χ1v) is 9.83. The number of thiophene rings is 1. The van der Waals surface area contributed by atoms with Crippen molar-refractivity contribution in [1.82, 2.24) is 9.62 Å². The minimum atomic E-state index is -3.72. The van der Waals surface area contributed by atoms with E-state index in [2.05, 4.69) is 4.72 Å². The summed E-state index contributed by atoms with van der Waals surface area (Å²) in [6.07, 6.45) is 0.359. The molecule has 0 aromatic carbocycles. The number of carbonyl (C=O) groups excluding carboxylic acids is 1. The van der Waals surface area contributed by atoms with Crippen LogP contribution < -0.4 is 4.72 Å². The summed E-state index contributed by atoms with van der Waals surface area (Å²) in [5.74, 6) is -1.61. The van der Waals surface area contributed by atoms with Gasteiger partial charge in [-0.1, -0.05) is 6.07 Å². The first-order valence-electron chi connectivity index (χ1n) is 7.47. The normalized spacial score (nSPS) is 27.0. The van der Waals surface area contributed by atoms with E-state index in [0.29, 0.717) is 19.6 Å². The molecule has 0 unspecified atom stereocenters. The molecule has 2 atom stereocenters. The first kappa shape index (κ1) is 17.3. The van der Waals surface area contributed by atoms with E-state index in [1.54, 1.807) is 11.4 Å². The van der Waals surface area contributed by atoms with Crippen molar-refractivity contribution in [3.63, 3.8) is 0 Å². The molecule has 132 valence electrons. The average Bonchev–Trinajstić information content (AvgIpc) is 3.20. The molecule has 1 amide bonds. The third kappa shape index (κ3) is 3.06. The fourth-order valence-electron chi connectivity index (χ4n) is 3.25. The van der Waals surface area contributed by atoms with Crippen LogP contribution >= 0.6 is 11.3 Å². The van der Waals surface area contributed by atoms with E-state index < -0.39 is 27.3 Å². The van der Waals surface area contributed by atoms with Gasteiger partial charge in [0, 0.05) is 25.6 Å². The Morgan fingerprint density at radius 2 is 2.29 bits per heavy atom. The van der Waals surface area contributed by atoms with E-state index in [1.807, 2.05) is 0 Å². The maximum Gasteiger partial charge on any atom is 0.311 e. The van der Waals surface area contributed by atoms with Gasteiger partial charge in [-0.3, -0.25) is 9.59 Å². The third-order valence-electron chi connectivity index (χ3n) is 4.66. The zero-order chi connectivity index (χ0) is 17.4. The molecule has 0 bridgehead atoms. The maximum absolute atomic E-state index is 12.3. The molecule has 3 heterocycles. The monoisotopic (exact) mass is 374 g/mol. The van der Waals surface area contributed by atoms with Crippen LogP contribution in [0.5, 0.6) is 0 Å². The molecule has 1 aromatic rings. The van der Waals surface area contributed by atoms with Crippen LogP contribution in [0.2, 0.25) is 0 Å². The van der Waals surface area contributed by atoms with Gasteiger partial charge in [0.25, 0.3) is 10.0 Å². The van der Waals surface area contributed by atoms with Crippen LogP contribution in [0.1, 0.15) is 6.42 Å². The van der Waals surface area contributed by atoms with E-state index in [-0.39, 0.29) is 29.8 Å². The Kier molecular flexibility index (Phi) is 4.65. The van der Waals surface area contributed by atoms with Crippen LogP contribution in [-0.4, -0.2) is 63.1 Å². The molecule has 2 saturated heterocycles. The lowest BCUT2D eigenvalue weighted by Gasteiger charge is -2.33. The molecule has 0 saturated carbocycles. The molecule has 1 aromatic heterocycles. The summed E-state index contributed by atoms with van der Waals surface area (Å²) in [5, 5.41) is 11.2. The van der Waals surface area contributed by atoms with Crippen molar-refractivity contribution in [2.75, 3.05) is 32.8 Å². The molecule has 2 N–H and O–H groups in total. The molecule has 24 heavy (non-hydrogen) atoms. The number of hydrogen-bond acceptors (Lipinski definition) is 6. The highest BCUT2D eigenvalue weighted by molar-refractivity contribution is 7.91. The Bertz CT molecular complexity index is 732. The summed E-state index contributed by atoms with van der Waals surface area (Å²) < 4.78 is 31.9. The smallest absolute Gasteiger partial charge is 0.311 e. The van der Waals surface area contributed by atoms with E-state index in [1.165, 1.54) is 11.0 Å². The highest BCUT2D eigenvalue weighted by Crippen LogP contribution is 2.42. The van der Waals surface area contributed by atoms with Crippen LogP contribution in [0.15, 0.2) is 21.7 Å². The van der Waals surface area contributed by atoms with Gasteiger partial charge in [0.05, 0.1) is 18.6 Å². The van der Waals surface area contributed by atoms with Crippen molar-refractivity contribution in [1.29, 1.82) is 0 Å². The van der Waals surface area contributed by atoms with E-state index in [0.717, 1.165) is 11.3 Å². The number of fused-ring (bicyclic) bond motifs is 1. The predicted molar refractivity (Wildman–Crippen MR) is 85.1 cm³/mol. The van der Waals surface area contributed by atoms with Crippen molar-refractivity contribution >= 4 is 33.2 Å². The lowest BCUT2D eigenvalue weighted by Crippen LogP contribution is -2.45. The summed E-state index contributed by atoms with van der Waals surface area (Å²) in [5.41, 5.74) is -0.986. The second-order valence-electron chi connectivity index (χ2n) is 6.01. The maximum atomic E-state index is 12.3. The molecule has 2 aliphatic heterocycles. The lowest BCUT2D eigenvalue weighted by molar-refractivity contribution is -0.157. The fourth-order valence-corrected chi connectivity index (χ4v) is 5.26. The van der Waals surface area contributed by atoms with Crippen molar-refractivity contribution in [3.8, 4) is 0 Å². The predicted octanol–water partition coefficient (Wildman–Crippen LogP) is -0.0239. The zero-order valence-electron chi connectivity index (χ0n) is 12.8. The van der Waals surface area contributed by atoms with Crippen molar-refractivity contribution in [2.24, 2.45) is 11.3 Å². The standard InChI is InChI=1S/C14H18N2O6S2/c17-11(6-15-24(20,21)12-2-1-5-23-12)16-7-10-8-22-4-3-14(10,9-16)13(18)19/h1-2,5,10,15H,3-4,6-9H2,(H,18,19)/t10-,14+/m0/s1. The van der Waals surface area contributed by atoms with Crippen LogP contribution in [0.25, 0.3) is 0 Å². The Morgan fingerprint density at radius 1 is 1.50 bits per heavy atom. The van der Waals surface area contributed by atoms with E-state index in [9.17, 15) is 23.1 Å². The second kappa shape index (κ2) is 6.43. The highest BCUT2D eigenvalue weighted by atomic mass is 32.2. The lowest BCUT2D eigenvalue weighted by atomic mass is 9.74. The first-order chi connectivity index (χ1) is 11.3. The molecule has 0 aliphatic carbocycles. The molecule has 2 fully saturated rings. The van der Waals surface area contributed by atoms with Crippen LogP contribution in [0.4, 0.5) is 0 Å². The summed E-state index contributed by atoms with van der Waals surface area (Å²) in [7, 11) is -3.72. The van der Waals surface area contributed by atoms with Gasteiger partial charge in [-0.25, -0.2) is 13.1 Å². The Balaban J connectivity index is 1.65. The van der Waals surface area contributed by atoms with Gasteiger partial charge >= 0.3 is 5.97 Å². The van der Waals surface area contributed by atoms with Crippen molar-refractivity contribution in [3.05, 3.63) is 17.5 Å². The van der Waals surface area contributed by atoms with Gasteiger partial charge in [0.1, 0.15) is 4.21 Å². The second-order valence-corrected chi connectivity index (χ2v) is 8.96. The highest BCUT2D eigenvalue weighted by Gasteiger charge is 2.54. The van der Waals surface area contributed by atoms with Gasteiger partial charge < -0.3 is 14.7 Å². The number of rotatable bonds is 5. The molecule has 0 radical (unpaired) electrons. The third-order valence-corrected chi connectivity index (χ3v) is 7.46. The number of hydrogen-bond donors (Lipinski definition) is 2. The van der Waals surface area contributed by atoms with Crippen LogP contribution in [0.3, 0.4) is 0 Å². The Hall–Kier alpha value is -1.49. The van der Waals surface area contributed by atoms with Crippen LogP contribution in [-0.2, 0) is 24.3 Å². The summed E-state index contributed by atoms with van der Waals surface area (Å²) in [4.78, 5) is 25.5. The quantitative estimate of drug-likeness (QED) is 0.749. The average molecular weight is 374 g/mol. The zero-order valence-corrected chi connectivity index (χ0v) is 14.4. The number of carboxylic acid groups (broad SMARTS) is 1. The minimum absolute atomic E-state index is 0.0932. The number of sulfonamides is 1. The van der Waals surface area contributed by atoms with Crippen molar-refractivity contribution in [2.45, 2.75) is 10.6 Å². The van der Waals surface area contributed by atoms with E-state index >= 15 is 0 Å².